The van der Waals surface area contributed by atoms with E-state index in [0.717, 1.165) is 0 Å². The normalized spacial score (nSPS) is 12.0. The molecule has 1 atom stereocenters. The number of aliphatic hydroxyl groups excluding tert-OH is 1. The number of nitrogens with zero attached hydrogens (tertiary/aromatic N) is 5. The SMILES string of the molecule is CN(C)C[C@@H](O)Cn1cc(Nc2ccc([N+](=O)[O-])cc2C#N)cn1. The number of non-ortho nitro benzene ring substituents is 1. The summed E-state index contributed by atoms with van der Waals surface area (Å²) in [6.07, 6.45) is 2.70. The summed E-state index contributed by atoms with van der Waals surface area (Å²) in [5.41, 5.74) is 1.11. The molecule has 0 spiro atoms. The topological polar surface area (TPSA) is 120 Å². The first-order valence-electron chi connectivity index (χ1n) is 7.20. The minimum absolute atomic E-state index is 0.139. The summed E-state index contributed by atoms with van der Waals surface area (Å²) in [5.74, 6) is 0. The number of anilines is 2. The maximum absolute atomic E-state index is 10.8. The molecule has 0 aliphatic rings. The van der Waals surface area contributed by atoms with Crippen LogP contribution in [0.15, 0.2) is 30.6 Å². The van der Waals surface area contributed by atoms with Gasteiger partial charge in [0.25, 0.3) is 5.69 Å². The van der Waals surface area contributed by atoms with Gasteiger partial charge >= 0.3 is 0 Å². The van der Waals surface area contributed by atoms with Crippen molar-refractivity contribution in [2.45, 2.75) is 12.6 Å². The number of rotatable bonds is 7. The monoisotopic (exact) mass is 330 g/mol. The van der Waals surface area contributed by atoms with Gasteiger partial charge in [-0.2, -0.15) is 10.4 Å². The van der Waals surface area contributed by atoms with E-state index >= 15 is 0 Å². The van der Waals surface area contributed by atoms with E-state index in [1.54, 1.807) is 17.1 Å². The first-order chi connectivity index (χ1) is 11.4. The van der Waals surface area contributed by atoms with Gasteiger partial charge in [-0.1, -0.05) is 0 Å². The smallest absolute Gasteiger partial charge is 0.270 e. The molecule has 0 aliphatic carbocycles. The standard InChI is InChI=1S/C15H18N6O3/c1-19(2)9-14(22)10-20-8-12(7-17-20)18-15-4-3-13(21(23)24)5-11(15)6-16/h3-5,7-8,14,18,22H,9-10H2,1-2H3/t14-/m1/s1. The van der Waals surface area contributed by atoms with Crippen molar-refractivity contribution in [2.75, 3.05) is 26.0 Å². The number of aromatic nitrogens is 2. The fourth-order valence-corrected chi connectivity index (χ4v) is 2.23. The number of aliphatic hydroxyl groups is 1. The molecule has 0 aliphatic heterocycles. The lowest BCUT2D eigenvalue weighted by molar-refractivity contribution is -0.384. The van der Waals surface area contributed by atoms with Crippen LogP contribution in [0.5, 0.6) is 0 Å². The van der Waals surface area contributed by atoms with Crippen LogP contribution >= 0.6 is 0 Å². The highest BCUT2D eigenvalue weighted by atomic mass is 16.6. The maximum atomic E-state index is 10.8. The molecule has 0 radical (unpaired) electrons. The number of hydrogen-bond acceptors (Lipinski definition) is 7. The van der Waals surface area contributed by atoms with Crippen molar-refractivity contribution in [2.24, 2.45) is 0 Å². The van der Waals surface area contributed by atoms with Gasteiger partial charge in [0.15, 0.2) is 0 Å². The van der Waals surface area contributed by atoms with Gasteiger partial charge in [-0.25, -0.2) is 0 Å². The second-order valence-electron chi connectivity index (χ2n) is 5.59. The van der Waals surface area contributed by atoms with Crippen LogP contribution in [0.3, 0.4) is 0 Å². The number of nitro benzene ring substituents is 1. The lowest BCUT2D eigenvalue weighted by atomic mass is 10.1. The Balaban J connectivity index is 2.10. The summed E-state index contributed by atoms with van der Waals surface area (Å²) >= 11 is 0. The first-order valence-corrected chi connectivity index (χ1v) is 7.20. The van der Waals surface area contributed by atoms with E-state index in [2.05, 4.69) is 10.4 Å². The van der Waals surface area contributed by atoms with Crippen LogP contribution in [0.1, 0.15) is 5.56 Å². The van der Waals surface area contributed by atoms with Gasteiger partial charge in [0, 0.05) is 24.9 Å². The summed E-state index contributed by atoms with van der Waals surface area (Å²) in [6, 6.07) is 5.96. The molecule has 126 valence electrons. The third-order valence-corrected chi connectivity index (χ3v) is 3.22. The van der Waals surface area contributed by atoms with Gasteiger partial charge in [0.1, 0.15) is 6.07 Å². The minimum atomic E-state index is -0.554. The Morgan fingerprint density at radius 2 is 2.29 bits per heavy atom. The van der Waals surface area contributed by atoms with Gasteiger partial charge < -0.3 is 15.3 Å². The molecule has 1 aromatic carbocycles. The zero-order chi connectivity index (χ0) is 17.7. The lowest BCUT2D eigenvalue weighted by Gasteiger charge is -2.15. The van der Waals surface area contributed by atoms with Crippen LogP contribution in [0.2, 0.25) is 0 Å². The number of nitro groups is 1. The Bertz CT molecular complexity index is 765. The zero-order valence-corrected chi connectivity index (χ0v) is 13.4. The van der Waals surface area contributed by atoms with Gasteiger partial charge in [-0.05, 0) is 20.2 Å². The molecule has 0 unspecified atom stereocenters. The Hall–Kier alpha value is -2.96. The molecule has 0 amide bonds. The van der Waals surface area contributed by atoms with Crippen molar-refractivity contribution >= 4 is 17.1 Å². The number of likely N-dealkylation sites (N-methyl/N-ethyl adjacent to an activating group) is 1. The highest BCUT2D eigenvalue weighted by molar-refractivity contribution is 5.67. The van der Waals surface area contributed by atoms with E-state index in [1.807, 2.05) is 25.1 Å². The molecule has 9 nitrogen and oxygen atoms in total. The highest BCUT2D eigenvalue weighted by Crippen LogP contribution is 2.24. The molecule has 0 bridgehead atoms. The Kier molecular flexibility index (Phi) is 5.47. The fraction of sp³-hybridized carbons (Fsp3) is 0.333. The van der Waals surface area contributed by atoms with Crippen molar-refractivity contribution in [1.29, 1.82) is 5.26 Å². The highest BCUT2D eigenvalue weighted by Gasteiger charge is 2.12. The third kappa shape index (κ3) is 4.52. The Morgan fingerprint density at radius 3 is 2.92 bits per heavy atom. The molecule has 9 heteroatoms. The molecule has 0 saturated carbocycles. The average molecular weight is 330 g/mol. The molecule has 24 heavy (non-hydrogen) atoms. The molecule has 2 aromatic rings. The van der Waals surface area contributed by atoms with Crippen LogP contribution in [0.4, 0.5) is 17.1 Å². The van der Waals surface area contributed by atoms with E-state index in [0.29, 0.717) is 24.5 Å². The number of benzene rings is 1. The quantitative estimate of drug-likeness (QED) is 0.580. The molecule has 2 rings (SSSR count). The first kappa shape index (κ1) is 17.4. The lowest BCUT2D eigenvalue weighted by Crippen LogP contribution is -2.29. The van der Waals surface area contributed by atoms with E-state index in [-0.39, 0.29) is 11.3 Å². The summed E-state index contributed by atoms with van der Waals surface area (Å²) < 4.78 is 1.59. The third-order valence-electron chi connectivity index (χ3n) is 3.22. The van der Waals surface area contributed by atoms with Gasteiger partial charge in [0.05, 0.1) is 40.7 Å². The largest absolute Gasteiger partial charge is 0.390 e. The van der Waals surface area contributed by atoms with Crippen LogP contribution in [-0.4, -0.2) is 51.5 Å². The van der Waals surface area contributed by atoms with E-state index in [9.17, 15) is 15.2 Å². The molecule has 1 heterocycles. The van der Waals surface area contributed by atoms with Gasteiger partial charge in [0.2, 0.25) is 0 Å². The maximum Gasteiger partial charge on any atom is 0.270 e. The van der Waals surface area contributed by atoms with Crippen molar-refractivity contribution in [3.05, 3.63) is 46.3 Å². The predicted octanol–water partition coefficient (Wildman–Crippen LogP) is 1.33. The molecule has 0 fully saturated rings. The van der Waals surface area contributed by atoms with E-state index in [1.165, 1.54) is 18.2 Å². The van der Waals surface area contributed by atoms with E-state index in [4.69, 9.17) is 5.26 Å². The van der Waals surface area contributed by atoms with Crippen LogP contribution in [0.25, 0.3) is 0 Å². The zero-order valence-electron chi connectivity index (χ0n) is 13.4. The molecule has 1 aromatic heterocycles. The predicted molar refractivity (Wildman–Crippen MR) is 87.9 cm³/mol. The summed E-state index contributed by atoms with van der Waals surface area (Å²) in [4.78, 5) is 12.1. The molecular weight excluding hydrogens is 312 g/mol. The second kappa shape index (κ2) is 7.54. The number of nitriles is 1. The number of hydrogen-bond donors (Lipinski definition) is 2. The van der Waals surface area contributed by atoms with Crippen molar-refractivity contribution in [3.63, 3.8) is 0 Å². The molecule has 2 N–H and O–H groups in total. The van der Waals surface area contributed by atoms with Gasteiger partial charge in [-0.15, -0.1) is 0 Å². The molecular formula is C15H18N6O3. The van der Waals surface area contributed by atoms with Gasteiger partial charge in [-0.3, -0.25) is 14.8 Å². The minimum Gasteiger partial charge on any atom is -0.390 e. The van der Waals surface area contributed by atoms with Crippen LogP contribution < -0.4 is 5.32 Å². The van der Waals surface area contributed by atoms with Crippen molar-refractivity contribution < 1.29 is 10.0 Å². The van der Waals surface area contributed by atoms with E-state index < -0.39 is 11.0 Å². The Labute approximate surface area is 138 Å². The van der Waals surface area contributed by atoms with Crippen molar-refractivity contribution in [1.82, 2.24) is 14.7 Å². The molecule has 0 saturated heterocycles. The average Bonchev–Trinajstić information content (AvgIpc) is 2.93. The van der Waals surface area contributed by atoms with Crippen LogP contribution in [0, 0.1) is 21.4 Å². The number of nitrogens with one attached hydrogen (secondary N) is 1. The van der Waals surface area contributed by atoms with Crippen molar-refractivity contribution in [3.8, 4) is 6.07 Å². The summed E-state index contributed by atoms with van der Waals surface area (Å²) in [5, 5.41) is 37.0. The summed E-state index contributed by atoms with van der Waals surface area (Å²) in [6.45, 7) is 0.856. The van der Waals surface area contributed by atoms with Crippen LogP contribution in [-0.2, 0) is 6.54 Å². The Morgan fingerprint density at radius 1 is 1.54 bits per heavy atom. The fourth-order valence-electron chi connectivity index (χ4n) is 2.23. The second-order valence-corrected chi connectivity index (χ2v) is 5.59. The summed E-state index contributed by atoms with van der Waals surface area (Å²) in [7, 11) is 3.74.